The molecule has 0 aliphatic carbocycles. The third-order valence-corrected chi connectivity index (χ3v) is 1.83. The van der Waals surface area contributed by atoms with Crippen LogP contribution >= 0.6 is 0 Å². The predicted molar refractivity (Wildman–Crippen MR) is 53.2 cm³/mol. The van der Waals surface area contributed by atoms with Crippen LogP contribution in [0.15, 0.2) is 30.3 Å². The molecule has 4 heteroatoms. The Morgan fingerprint density at radius 3 is 2.50 bits per heavy atom. The Balaban J connectivity index is 2.60. The molecular formula is C10H13NO3. The molecule has 1 rings (SSSR count). The number of para-hydroxylation sites is 1. The molecule has 0 unspecified atom stereocenters. The van der Waals surface area contributed by atoms with E-state index in [0.717, 1.165) is 5.69 Å². The first-order valence-electron chi connectivity index (χ1n) is 4.39. The van der Waals surface area contributed by atoms with Gasteiger partial charge in [0.05, 0.1) is 0 Å². The Bertz CT molecular complexity index is 287. The number of aliphatic hydroxyl groups is 1. The molecule has 14 heavy (non-hydrogen) atoms. The van der Waals surface area contributed by atoms with E-state index in [9.17, 15) is 4.79 Å². The molecular weight excluding hydrogens is 182 g/mol. The van der Waals surface area contributed by atoms with E-state index in [1.165, 1.54) is 0 Å². The van der Waals surface area contributed by atoms with Crippen LogP contribution in [0.3, 0.4) is 0 Å². The fourth-order valence-electron chi connectivity index (χ4n) is 1.12. The minimum Gasteiger partial charge on any atom is -0.480 e. The maximum atomic E-state index is 10.7. The quantitative estimate of drug-likeness (QED) is 0.653. The Morgan fingerprint density at radius 2 is 2.00 bits per heavy atom. The molecule has 0 aliphatic heterocycles. The first-order chi connectivity index (χ1) is 6.74. The van der Waals surface area contributed by atoms with Gasteiger partial charge in [0, 0.05) is 18.7 Å². The minimum absolute atomic E-state index is 0.142. The van der Waals surface area contributed by atoms with E-state index < -0.39 is 12.0 Å². The highest BCUT2D eigenvalue weighted by Crippen LogP contribution is 2.08. The van der Waals surface area contributed by atoms with Crippen molar-refractivity contribution >= 4 is 11.7 Å². The summed E-state index contributed by atoms with van der Waals surface area (Å²) in [7, 11) is 0. The molecule has 0 saturated heterocycles. The van der Waals surface area contributed by atoms with Gasteiger partial charge in [-0.2, -0.15) is 0 Å². The number of aliphatic carboxylic acids is 1. The molecule has 1 aromatic rings. The van der Waals surface area contributed by atoms with Gasteiger partial charge in [0.2, 0.25) is 0 Å². The van der Waals surface area contributed by atoms with Gasteiger partial charge < -0.3 is 15.5 Å². The average molecular weight is 195 g/mol. The SMILES string of the molecule is O=C(O)[C@H](CCO)Nc1ccccc1. The van der Waals surface area contributed by atoms with Crippen LogP contribution < -0.4 is 5.32 Å². The summed E-state index contributed by atoms with van der Waals surface area (Å²) >= 11 is 0. The van der Waals surface area contributed by atoms with Crippen molar-refractivity contribution in [2.45, 2.75) is 12.5 Å². The summed E-state index contributed by atoms with van der Waals surface area (Å²) in [6, 6.07) is 8.33. The maximum absolute atomic E-state index is 10.7. The summed E-state index contributed by atoms with van der Waals surface area (Å²) in [5.41, 5.74) is 0.744. The first-order valence-corrected chi connectivity index (χ1v) is 4.39. The Hall–Kier alpha value is -1.55. The van der Waals surface area contributed by atoms with Crippen molar-refractivity contribution in [1.82, 2.24) is 0 Å². The normalized spacial score (nSPS) is 12.1. The number of hydrogen-bond acceptors (Lipinski definition) is 3. The summed E-state index contributed by atoms with van der Waals surface area (Å²) in [4.78, 5) is 10.7. The standard InChI is InChI=1S/C10H13NO3/c12-7-6-9(10(13)14)11-8-4-2-1-3-5-8/h1-5,9,11-12H,6-7H2,(H,13,14)/t9-/m0/s1. The van der Waals surface area contributed by atoms with E-state index in [0.29, 0.717) is 0 Å². The summed E-state index contributed by atoms with van der Waals surface area (Å²) < 4.78 is 0. The first kappa shape index (κ1) is 10.5. The maximum Gasteiger partial charge on any atom is 0.326 e. The monoisotopic (exact) mass is 195 g/mol. The van der Waals surface area contributed by atoms with E-state index >= 15 is 0 Å². The number of carboxylic acid groups (broad SMARTS) is 1. The van der Waals surface area contributed by atoms with Gasteiger partial charge >= 0.3 is 5.97 Å². The van der Waals surface area contributed by atoms with Gasteiger partial charge in [-0.25, -0.2) is 4.79 Å². The predicted octanol–water partition coefficient (Wildman–Crippen LogP) is 0.934. The highest BCUT2D eigenvalue weighted by atomic mass is 16.4. The van der Waals surface area contributed by atoms with Crippen molar-refractivity contribution in [2.75, 3.05) is 11.9 Å². The Morgan fingerprint density at radius 1 is 1.36 bits per heavy atom. The minimum atomic E-state index is -0.956. The second-order valence-corrected chi connectivity index (χ2v) is 2.91. The number of nitrogens with one attached hydrogen (secondary N) is 1. The zero-order valence-electron chi connectivity index (χ0n) is 7.68. The van der Waals surface area contributed by atoms with Gasteiger partial charge in [-0.05, 0) is 12.1 Å². The third kappa shape index (κ3) is 3.06. The lowest BCUT2D eigenvalue weighted by Gasteiger charge is -2.14. The summed E-state index contributed by atoms with van der Waals surface area (Å²) in [6.07, 6.45) is 0.199. The van der Waals surface area contributed by atoms with E-state index in [2.05, 4.69) is 5.32 Å². The van der Waals surface area contributed by atoms with Crippen LogP contribution in [0.5, 0.6) is 0 Å². The molecule has 3 N–H and O–H groups in total. The van der Waals surface area contributed by atoms with Crippen LogP contribution in [0.4, 0.5) is 5.69 Å². The fraction of sp³-hybridized carbons (Fsp3) is 0.300. The van der Waals surface area contributed by atoms with Crippen molar-refractivity contribution in [3.8, 4) is 0 Å². The van der Waals surface area contributed by atoms with Crippen molar-refractivity contribution in [3.63, 3.8) is 0 Å². The smallest absolute Gasteiger partial charge is 0.326 e. The third-order valence-electron chi connectivity index (χ3n) is 1.83. The largest absolute Gasteiger partial charge is 0.480 e. The second kappa shape index (κ2) is 5.24. The number of hydrogen-bond donors (Lipinski definition) is 3. The molecule has 1 aromatic carbocycles. The fourth-order valence-corrected chi connectivity index (χ4v) is 1.12. The van der Waals surface area contributed by atoms with E-state index in [1.54, 1.807) is 12.1 Å². The molecule has 0 bridgehead atoms. The average Bonchev–Trinajstić information content (AvgIpc) is 2.18. The van der Waals surface area contributed by atoms with Gasteiger partial charge in [-0.15, -0.1) is 0 Å². The number of carboxylic acids is 1. The molecule has 0 fully saturated rings. The van der Waals surface area contributed by atoms with Crippen molar-refractivity contribution in [3.05, 3.63) is 30.3 Å². The molecule has 1 atom stereocenters. The van der Waals surface area contributed by atoms with Crippen LogP contribution in [0.1, 0.15) is 6.42 Å². The van der Waals surface area contributed by atoms with E-state index in [-0.39, 0.29) is 13.0 Å². The van der Waals surface area contributed by atoms with Gasteiger partial charge in [-0.3, -0.25) is 0 Å². The van der Waals surface area contributed by atoms with Crippen LogP contribution in [0.2, 0.25) is 0 Å². The summed E-state index contributed by atoms with van der Waals surface area (Å²) in [5, 5.41) is 20.3. The molecule has 0 aromatic heterocycles. The van der Waals surface area contributed by atoms with Crippen LogP contribution in [0.25, 0.3) is 0 Å². The van der Waals surface area contributed by atoms with Crippen LogP contribution in [0, 0.1) is 0 Å². The zero-order valence-corrected chi connectivity index (χ0v) is 7.68. The molecule has 0 spiro atoms. The topological polar surface area (TPSA) is 69.6 Å². The molecule has 0 saturated carbocycles. The van der Waals surface area contributed by atoms with Crippen molar-refractivity contribution < 1.29 is 15.0 Å². The number of carbonyl (C=O) groups is 1. The molecule has 0 aliphatic rings. The molecule has 4 nitrogen and oxygen atoms in total. The molecule has 0 radical (unpaired) electrons. The Kier molecular flexibility index (Phi) is 3.94. The van der Waals surface area contributed by atoms with Crippen LogP contribution in [-0.4, -0.2) is 28.8 Å². The lowest BCUT2D eigenvalue weighted by molar-refractivity contribution is -0.138. The molecule has 0 amide bonds. The number of rotatable bonds is 5. The van der Waals surface area contributed by atoms with Gasteiger partial charge in [0.15, 0.2) is 0 Å². The number of anilines is 1. The molecule has 0 heterocycles. The zero-order chi connectivity index (χ0) is 10.4. The highest BCUT2D eigenvalue weighted by Gasteiger charge is 2.15. The van der Waals surface area contributed by atoms with Gasteiger partial charge in [0.1, 0.15) is 6.04 Å². The highest BCUT2D eigenvalue weighted by molar-refractivity contribution is 5.77. The summed E-state index contributed by atoms with van der Waals surface area (Å²) in [5.74, 6) is -0.956. The van der Waals surface area contributed by atoms with Crippen LogP contribution in [-0.2, 0) is 4.79 Å². The second-order valence-electron chi connectivity index (χ2n) is 2.91. The van der Waals surface area contributed by atoms with E-state index in [1.807, 2.05) is 18.2 Å². The Labute approximate surface area is 82.2 Å². The molecule has 76 valence electrons. The lowest BCUT2D eigenvalue weighted by Crippen LogP contribution is -2.30. The van der Waals surface area contributed by atoms with Crippen molar-refractivity contribution in [1.29, 1.82) is 0 Å². The lowest BCUT2D eigenvalue weighted by atomic mass is 10.2. The van der Waals surface area contributed by atoms with Crippen molar-refractivity contribution in [2.24, 2.45) is 0 Å². The van der Waals surface area contributed by atoms with Gasteiger partial charge in [-0.1, -0.05) is 18.2 Å². The summed E-state index contributed by atoms with van der Waals surface area (Å²) in [6.45, 7) is -0.142. The van der Waals surface area contributed by atoms with Gasteiger partial charge in [0.25, 0.3) is 0 Å². The number of aliphatic hydroxyl groups excluding tert-OH is 1. The van der Waals surface area contributed by atoms with E-state index in [4.69, 9.17) is 10.2 Å². The number of benzene rings is 1.